The van der Waals surface area contributed by atoms with Gasteiger partial charge in [0.25, 0.3) is 5.91 Å². The molecule has 144 valence electrons. The van der Waals surface area contributed by atoms with Gasteiger partial charge >= 0.3 is 12.1 Å². The van der Waals surface area contributed by atoms with Crippen molar-refractivity contribution in [3.05, 3.63) is 48.0 Å². The average Bonchev–Trinajstić information content (AvgIpc) is 2.84. The summed E-state index contributed by atoms with van der Waals surface area (Å²) in [6.07, 6.45) is 1.46. The summed E-state index contributed by atoms with van der Waals surface area (Å²) in [6, 6.07) is 5.99. The van der Waals surface area contributed by atoms with E-state index in [1.165, 1.54) is 6.08 Å². The first-order valence-electron chi connectivity index (χ1n) is 8.62. The summed E-state index contributed by atoms with van der Waals surface area (Å²) in [5, 5.41) is 7.06. The Morgan fingerprint density at radius 2 is 1.89 bits per heavy atom. The first-order chi connectivity index (χ1) is 12.7. The highest BCUT2D eigenvalue weighted by molar-refractivity contribution is 6.10. The van der Waals surface area contributed by atoms with Gasteiger partial charge in [-0.15, -0.1) is 6.58 Å². The lowest BCUT2D eigenvalue weighted by molar-refractivity contribution is -0.134. The summed E-state index contributed by atoms with van der Waals surface area (Å²) in [5.74, 6) is -0.973. The van der Waals surface area contributed by atoms with Crippen molar-refractivity contribution in [1.82, 2.24) is 20.9 Å². The zero-order chi connectivity index (χ0) is 20.2. The fourth-order valence-electron chi connectivity index (χ4n) is 2.76. The predicted octanol–water partition coefficient (Wildman–Crippen LogP) is 1.59. The van der Waals surface area contributed by atoms with Crippen LogP contribution in [0.1, 0.15) is 37.8 Å². The maximum absolute atomic E-state index is 12.8. The normalized spacial score (nSPS) is 19.0. The topological polar surface area (TPSA) is 108 Å². The molecule has 6 amide bonds. The van der Waals surface area contributed by atoms with Gasteiger partial charge in [-0.1, -0.05) is 44.2 Å². The molecule has 1 aromatic rings. The quantitative estimate of drug-likeness (QED) is 0.520. The molecule has 8 nitrogen and oxygen atoms in total. The van der Waals surface area contributed by atoms with Crippen LogP contribution in [-0.2, 0) is 15.1 Å². The van der Waals surface area contributed by atoms with E-state index < -0.39 is 36.0 Å². The van der Waals surface area contributed by atoms with Crippen molar-refractivity contribution in [3.8, 4) is 0 Å². The average molecular weight is 372 g/mol. The maximum Gasteiger partial charge on any atom is 0.325 e. The van der Waals surface area contributed by atoms with Gasteiger partial charge in [0.1, 0.15) is 12.1 Å². The number of amides is 6. The second kappa shape index (κ2) is 8.03. The number of urea groups is 2. The zero-order valence-electron chi connectivity index (χ0n) is 15.7. The fraction of sp³-hybridized carbons (Fsp3) is 0.368. The Labute approximate surface area is 158 Å². The summed E-state index contributed by atoms with van der Waals surface area (Å²) in [4.78, 5) is 49.3. The standard InChI is InChI=1S/C19H24N4O4/c1-5-10-20-17(26)21-15(24)11-23-16(25)19(4,22-18(23)27)14-8-6-13(7-9-14)12(2)3/h5-9,12H,1,10-11H2,2-4H3,(H,22,27)(H2,20,21,24,26)/t19-/m0/s1. The number of carbonyl (C=O) groups is 4. The summed E-state index contributed by atoms with van der Waals surface area (Å²) in [7, 11) is 0. The van der Waals surface area contributed by atoms with Crippen molar-refractivity contribution in [2.75, 3.05) is 13.1 Å². The van der Waals surface area contributed by atoms with E-state index in [0.717, 1.165) is 10.5 Å². The van der Waals surface area contributed by atoms with Gasteiger partial charge in [0.2, 0.25) is 5.91 Å². The molecule has 8 heteroatoms. The number of nitrogens with zero attached hydrogens (tertiary/aromatic N) is 1. The molecular formula is C19H24N4O4. The van der Waals surface area contributed by atoms with Crippen LogP contribution in [0.25, 0.3) is 0 Å². The molecule has 0 aromatic heterocycles. The lowest BCUT2D eigenvalue weighted by atomic mass is 9.90. The number of rotatable bonds is 6. The maximum atomic E-state index is 12.8. The van der Waals surface area contributed by atoms with Gasteiger partial charge < -0.3 is 10.6 Å². The highest BCUT2D eigenvalue weighted by Crippen LogP contribution is 2.29. The molecule has 3 N–H and O–H groups in total. The number of carbonyl (C=O) groups excluding carboxylic acids is 4. The monoisotopic (exact) mass is 372 g/mol. The van der Waals surface area contributed by atoms with Crippen molar-refractivity contribution in [2.45, 2.75) is 32.2 Å². The summed E-state index contributed by atoms with van der Waals surface area (Å²) < 4.78 is 0. The Hall–Kier alpha value is -3.16. The Kier molecular flexibility index (Phi) is 5.99. The molecule has 0 radical (unpaired) electrons. The third-order valence-corrected chi connectivity index (χ3v) is 4.39. The molecule has 0 bridgehead atoms. The first kappa shape index (κ1) is 20.2. The van der Waals surface area contributed by atoms with E-state index in [1.807, 2.05) is 12.1 Å². The SMILES string of the molecule is C=CCNC(=O)NC(=O)CN1C(=O)N[C@@](C)(c2ccc(C(C)C)cc2)C1=O. The van der Waals surface area contributed by atoms with Crippen LogP contribution in [0.2, 0.25) is 0 Å². The minimum Gasteiger partial charge on any atom is -0.334 e. The van der Waals surface area contributed by atoms with Crippen LogP contribution >= 0.6 is 0 Å². The van der Waals surface area contributed by atoms with E-state index in [4.69, 9.17) is 0 Å². The van der Waals surface area contributed by atoms with E-state index in [-0.39, 0.29) is 6.54 Å². The molecule has 1 aromatic carbocycles. The Balaban J connectivity index is 2.10. The molecule has 27 heavy (non-hydrogen) atoms. The molecular weight excluding hydrogens is 348 g/mol. The molecule has 0 unspecified atom stereocenters. The Morgan fingerprint density at radius 1 is 1.26 bits per heavy atom. The molecule has 1 saturated heterocycles. The van der Waals surface area contributed by atoms with E-state index in [9.17, 15) is 19.2 Å². The van der Waals surface area contributed by atoms with Crippen molar-refractivity contribution in [1.29, 1.82) is 0 Å². The van der Waals surface area contributed by atoms with Crippen LogP contribution in [0, 0.1) is 0 Å². The number of hydrogen-bond acceptors (Lipinski definition) is 4. The van der Waals surface area contributed by atoms with Crippen LogP contribution in [0.3, 0.4) is 0 Å². The molecule has 0 saturated carbocycles. The van der Waals surface area contributed by atoms with Crippen molar-refractivity contribution >= 4 is 23.9 Å². The third-order valence-electron chi connectivity index (χ3n) is 4.39. The van der Waals surface area contributed by atoms with E-state index >= 15 is 0 Å². The van der Waals surface area contributed by atoms with Gasteiger partial charge in [-0.25, -0.2) is 9.59 Å². The number of hydrogen-bond donors (Lipinski definition) is 3. The summed E-state index contributed by atoms with van der Waals surface area (Å²) in [6.45, 7) is 8.79. The second-order valence-corrected chi connectivity index (χ2v) is 6.77. The third kappa shape index (κ3) is 4.33. The van der Waals surface area contributed by atoms with Gasteiger partial charge in [0.15, 0.2) is 0 Å². The lowest BCUT2D eigenvalue weighted by Gasteiger charge is -2.22. The van der Waals surface area contributed by atoms with E-state index in [1.54, 1.807) is 19.1 Å². The second-order valence-electron chi connectivity index (χ2n) is 6.77. The number of imide groups is 2. The van der Waals surface area contributed by atoms with Gasteiger partial charge in [0.05, 0.1) is 0 Å². The highest BCUT2D eigenvalue weighted by Gasteiger charge is 2.49. The fourth-order valence-corrected chi connectivity index (χ4v) is 2.76. The van der Waals surface area contributed by atoms with Crippen molar-refractivity contribution in [3.63, 3.8) is 0 Å². The largest absolute Gasteiger partial charge is 0.334 e. The van der Waals surface area contributed by atoms with Gasteiger partial charge in [0, 0.05) is 6.54 Å². The van der Waals surface area contributed by atoms with Crippen LogP contribution < -0.4 is 16.0 Å². The molecule has 1 aliphatic rings. The van der Waals surface area contributed by atoms with Gasteiger partial charge in [-0.3, -0.25) is 19.8 Å². The zero-order valence-corrected chi connectivity index (χ0v) is 15.7. The van der Waals surface area contributed by atoms with Crippen LogP contribution in [0.15, 0.2) is 36.9 Å². The minimum atomic E-state index is -1.27. The molecule has 1 fully saturated rings. The molecule has 2 rings (SSSR count). The van der Waals surface area contributed by atoms with Crippen molar-refractivity contribution < 1.29 is 19.2 Å². The Morgan fingerprint density at radius 3 is 2.44 bits per heavy atom. The summed E-state index contributed by atoms with van der Waals surface area (Å²) >= 11 is 0. The van der Waals surface area contributed by atoms with E-state index in [2.05, 4.69) is 36.4 Å². The smallest absolute Gasteiger partial charge is 0.325 e. The van der Waals surface area contributed by atoms with Crippen LogP contribution in [0.5, 0.6) is 0 Å². The lowest BCUT2D eigenvalue weighted by Crippen LogP contribution is -2.46. The minimum absolute atomic E-state index is 0.187. The summed E-state index contributed by atoms with van der Waals surface area (Å²) in [5.41, 5.74) is 0.468. The molecule has 1 heterocycles. The molecule has 1 atom stereocenters. The van der Waals surface area contributed by atoms with Crippen LogP contribution in [-0.4, -0.2) is 41.9 Å². The van der Waals surface area contributed by atoms with Crippen molar-refractivity contribution in [2.24, 2.45) is 0 Å². The Bertz CT molecular complexity index is 772. The first-order valence-corrected chi connectivity index (χ1v) is 8.62. The van der Waals surface area contributed by atoms with Crippen LogP contribution in [0.4, 0.5) is 9.59 Å². The van der Waals surface area contributed by atoms with Gasteiger partial charge in [-0.2, -0.15) is 0 Å². The predicted molar refractivity (Wildman–Crippen MR) is 99.9 cm³/mol. The number of nitrogens with one attached hydrogen (secondary N) is 3. The molecule has 0 spiro atoms. The molecule has 0 aliphatic carbocycles. The van der Waals surface area contributed by atoms with Gasteiger partial charge in [-0.05, 0) is 24.0 Å². The highest BCUT2D eigenvalue weighted by atomic mass is 16.2. The van der Waals surface area contributed by atoms with E-state index in [0.29, 0.717) is 11.5 Å². The number of benzene rings is 1. The molecule has 1 aliphatic heterocycles.